The summed E-state index contributed by atoms with van der Waals surface area (Å²) in [6.45, 7) is 5.41. The number of anilines is 1. The van der Waals surface area contributed by atoms with Gasteiger partial charge in [-0.15, -0.1) is 11.8 Å². The first kappa shape index (κ1) is 12.9. The Labute approximate surface area is 100 Å². The van der Waals surface area contributed by atoms with Gasteiger partial charge in [0.2, 0.25) is 0 Å². The van der Waals surface area contributed by atoms with Gasteiger partial charge in [-0.2, -0.15) is 0 Å². The normalized spacial score (nSPS) is 11.4. The van der Waals surface area contributed by atoms with Crippen molar-refractivity contribution in [3.63, 3.8) is 0 Å². The number of hydrogen-bond acceptors (Lipinski definition) is 3. The van der Waals surface area contributed by atoms with E-state index in [2.05, 4.69) is 0 Å². The molecule has 0 saturated carbocycles. The van der Waals surface area contributed by atoms with Gasteiger partial charge >= 0.3 is 5.97 Å². The zero-order valence-corrected chi connectivity index (χ0v) is 10.6. The number of hydrogen-bond donors (Lipinski definition) is 2. The third kappa shape index (κ3) is 3.17. The Bertz CT molecular complexity index is 402. The predicted molar refractivity (Wildman–Crippen MR) is 67.7 cm³/mol. The van der Waals surface area contributed by atoms with Crippen LogP contribution in [0.15, 0.2) is 23.1 Å². The molecule has 0 heterocycles. The minimum absolute atomic E-state index is 0.510. The van der Waals surface area contributed by atoms with Gasteiger partial charge < -0.3 is 10.8 Å². The zero-order valence-electron chi connectivity index (χ0n) is 9.78. The highest BCUT2D eigenvalue weighted by molar-refractivity contribution is 7.99. The molecule has 0 saturated heterocycles. The fourth-order valence-electron chi connectivity index (χ4n) is 1.12. The highest BCUT2D eigenvalue weighted by Crippen LogP contribution is 2.31. The summed E-state index contributed by atoms with van der Waals surface area (Å²) in [5.74, 6) is -0.277. The molecule has 0 fully saturated rings. The maximum Gasteiger partial charge on any atom is 0.309 e. The van der Waals surface area contributed by atoms with Gasteiger partial charge in [0, 0.05) is 16.3 Å². The molecule has 0 radical (unpaired) electrons. The molecule has 4 heteroatoms. The Balaban J connectivity index is 2.72. The maximum atomic E-state index is 10.9. The topological polar surface area (TPSA) is 63.3 Å². The molecule has 1 aromatic carbocycles. The van der Waals surface area contributed by atoms with Crippen LogP contribution in [0.25, 0.3) is 0 Å². The van der Waals surface area contributed by atoms with E-state index in [9.17, 15) is 4.79 Å². The number of carboxylic acids is 1. The van der Waals surface area contributed by atoms with Crippen LogP contribution in [0.2, 0.25) is 0 Å². The van der Waals surface area contributed by atoms with Crippen molar-refractivity contribution in [1.29, 1.82) is 0 Å². The van der Waals surface area contributed by atoms with Gasteiger partial charge in [0.05, 0.1) is 5.41 Å². The third-order valence-corrected chi connectivity index (χ3v) is 3.88. The third-order valence-electron chi connectivity index (χ3n) is 2.33. The summed E-state index contributed by atoms with van der Waals surface area (Å²) in [5.41, 5.74) is 6.95. The van der Waals surface area contributed by atoms with E-state index in [1.165, 1.54) is 11.8 Å². The lowest BCUT2D eigenvalue weighted by molar-refractivity contribution is -0.145. The standard InChI is InChI=1S/C12H17NO2S/c1-8-4-5-10(9(13)6-8)16-7-12(2,3)11(14)15/h4-6H,7,13H2,1-3H3,(H,14,15). The van der Waals surface area contributed by atoms with E-state index < -0.39 is 11.4 Å². The summed E-state index contributed by atoms with van der Waals surface area (Å²) < 4.78 is 0. The fraction of sp³-hybridized carbons (Fsp3) is 0.417. The Morgan fingerprint density at radius 2 is 2.12 bits per heavy atom. The van der Waals surface area contributed by atoms with E-state index in [4.69, 9.17) is 10.8 Å². The van der Waals surface area contributed by atoms with Gasteiger partial charge in [-0.25, -0.2) is 0 Å². The fourth-order valence-corrected chi connectivity index (χ4v) is 2.15. The number of rotatable bonds is 4. The lowest BCUT2D eigenvalue weighted by Crippen LogP contribution is -2.26. The summed E-state index contributed by atoms with van der Waals surface area (Å²) in [5, 5.41) is 8.99. The molecule has 88 valence electrons. The first-order valence-corrected chi connectivity index (χ1v) is 6.04. The number of thioether (sulfide) groups is 1. The average molecular weight is 239 g/mol. The van der Waals surface area contributed by atoms with E-state index in [1.807, 2.05) is 25.1 Å². The Morgan fingerprint density at radius 1 is 1.50 bits per heavy atom. The van der Waals surface area contributed by atoms with Gasteiger partial charge in [-0.05, 0) is 38.5 Å². The smallest absolute Gasteiger partial charge is 0.309 e. The van der Waals surface area contributed by atoms with E-state index >= 15 is 0 Å². The molecule has 0 spiro atoms. The lowest BCUT2D eigenvalue weighted by Gasteiger charge is -2.18. The largest absolute Gasteiger partial charge is 0.481 e. The molecule has 0 aromatic heterocycles. The van der Waals surface area contributed by atoms with Crippen LogP contribution < -0.4 is 5.73 Å². The molecular weight excluding hydrogens is 222 g/mol. The van der Waals surface area contributed by atoms with Crippen molar-refractivity contribution < 1.29 is 9.90 Å². The van der Waals surface area contributed by atoms with Crippen LogP contribution in [0, 0.1) is 12.3 Å². The SMILES string of the molecule is Cc1ccc(SCC(C)(C)C(=O)O)c(N)c1. The van der Waals surface area contributed by atoms with Gasteiger partial charge in [-0.1, -0.05) is 6.07 Å². The minimum Gasteiger partial charge on any atom is -0.481 e. The molecule has 0 aliphatic heterocycles. The molecule has 1 rings (SSSR count). The van der Waals surface area contributed by atoms with Crippen molar-refractivity contribution in [1.82, 2.24) is 0 Å². The predicted octanol–water partition coefficient (Wildman–Crippen LogP) is 2.78. The van der Waals surface area contributed by atoms with E-state index in [1.54, 1.807) is 13.8 Å². The molecule has 16 heavy (non-hydrogen) atoms. The van der Waals surface area contributed by atoms with Crippen molar-refractivity contribution in [2.45, 2.75) is 25.7 Å². The number of carboxylic acid groups (broad SMARTS) is 1. The molecule has 3 nitrogen and oxygen atoms in total. The van der Waals surface area contributed by atoms with Gasteiger partial charge in [0.25, 0.3) is 0 Å². The van der Waals surface area contributed by atoms with Crippen LogP contribution in [0.5, 0.6) is 0 Å². The van der Waals surface area contributed by atoms with Crippen molar-refractivity contribution in [2.75, 3.05) is 11.5 Å². The molecule has 0 unspecified atom stereocenters. The molecule has 0 aliphatic carbocycles. The number of nitrogen functional groups attached to an aromatic ring is 1. The van der Waals surface area contributed by atoms with E-state index in [0.717, 1.165) is 10.5 Å². The second kappa shape index (κ2) is 4.78. The quantitative estimate of drug-likeness (QED) is 0.626. The van der Waals surface area contributed by atoms with Crippen LogP contribution >= 0.6 is 11.8 Å². The number of carbonyl (C=O) groups is 1. The van der Waals surface area contributed by atoms with Crippen molar-refractivity contribution in [2.24, 2.45) is 5.41 Å². The highest BCUT2D eigenvalue weighted by Gasteiger charge is 2.27. The molecule has 0 amide bonds. The first-order chi connectivity index (χ1) is 7.33. The second-order valence-corrected chi connectivity index (χ2v) is 5.54. The van der Waals surface area contributed by atoms with Crippen LogP contribution in [-0.2, 0) is 4.79 Å². The van der Waals surface area contributed by atoms with Crippen molar-refractivity contribution in [3.05, 3.63) is 23.8 Å². The summed E-state index contributed by atoms with van der Waals surface area (Å²) in [4.78, 5) is 11.9. The Hall–Kier alpha value is -1.16. The molecular formula is C12H17NO2S. The van der Waals surface area contributed by atoms with Crippen LogP contribution in [0.1, 0.15) is 19.4 Å². The number of aryl methyl sites for hydroxylation is 1. The van der Waals surface area contributed by atoms with Gasteiger partial charge in [0.1, 0.15) is 0 Å². The van der Waals surface area contributed by atoms with Crippen LogP contribution in [0.4, 0.5) is 5.69 Å². The second-order valence-electron chi connectivity index (χ2n) is 4.52. The highest BCUT2D eigenvalue weighted by atomic mass is 32.2. The minimum atomic E-state index is -0.786. The summed E-state index contributed by atoms with van der Waals surface area (Å²) in [6, 6.07) is 5.82. The monoisotopic (exact) mass is 239 g/mol. The zero-order chi connectivity index (χ0) is 12.3. The Kier molecular flexibility index (Phi) is 3.86. The van der Waals surface area contributed by atoms with E-state index in [-0.39, 0.29) is 0 Å². The summed E-state index contributed by atoms with van der Waals surface area (Å²) in [6.07, 6.45) is 0. The Morgan fingerprint density at radius 3 is 2.62 bits per heavy atom. The first-order valence-electron chi connectivity index (χ1n) is 5.05. The molecule has 3 N–H and O–H groups in total. The molecule has 1 aromatic rings. The van der Waals surface area contributed by atoms with Crippen molar-refractivity contribution in [3.8, 4) is 0 Å². The number of benzene rings is 1. The van der Waals surface area contributed by atoms with Crippen LogP contribution in [-0.4, -0.2) is 16.8 Å². The molecule has 0 bridgehead atoms. The molecule has 0 atom stereocenters. The number of nitrogens with two attached hydrogens (primary N) is 1. The summed E-state index contributed by atoms with van der Waals surface area (Å²) >= 11 is 1.49. The van der Waals surface area contributed by atoms with E-state index in [0.29, 0.717) is 11.4 Å². The van der Waals surface area contributed by atoms with Crippen LogP contribution in [0.3, 0.4) is 0 Å². The lowest BCUT2D eigenvalue weighted by atomic mass is 9.97. The maximum absolute atomic E-state index is 10.9. The summed E-state index contributed by atoms with van der Waals surface area (Å²) in [7, 11) is 0. The van der Waals surface area contributed by atoms with Gasteiger partial charge in [0.15, 0.2) is 0 Å². The average Bonchev–Trinajstić information content (AvgIpc) is 2.16. The van der Waals surface area contributed by atoms with Crippen molar-refractivity contribution >= 4 is 23.4 Å². The number of aliphatic carboxylic acids is 1. The molecule has 0 aliphatic rings. The van der Waals surface area contributed by atoms with Gasteiger partial charge in [-0.3, -0.25) is 4.79 Å².